The molecule has 3 aliphatic rings. The molecule has 128 valence electrons. The van der Waals surface area contributed by atoms with Crippen LogP contribution < -0.4 is 4.74 Å². The number of amides is 1. The summed E-state index contributed by atoms with van der Waals surface area (Å²) in [5, 5.41) is 0. The average molecular weight is 333 g/mol. The molecule has 0 unspecified atom stereocenters. The van der Waals surface area contributed by atoms with E-state index in [-0.39, 0.29) is 11.5 Å². The van der Waals surface area contributed by atoms with Crippen molar-refractivity contribution in [3.8, 4) is 5.75 Å². The highest BCUT2D eigenvalue weighted by Gasteiger charge is 2.53. The van der Waals surface area contributed by atoms with E-state index in [1.807, 2.05) is 0 Å². The summed E-state index contributed by atoms with van der Waals surface area (Å²) in [5.74, 6) is 1.25. The number of fused-ring (bicyclic) bond motifs is 6. The Bertz CT molecular complexity index is 859. The third-order valence-electron chi connectivity index (χ3n) is 6.55. The average Bonchev–Trinajstić information content (AvgIpc) is 3.06. The van der Waals surface area contributed by atoms with Gasteiger partial charge in [0.15, 0.2) is 0 Å². The van der Waals surface area contributed by atoms with Crippen LogP contribution in [0, 0.1) is 0 Å². The normalized spacial score (nSPS) is 27.0. The van der Waals surface area contributed by atoms with E-state index in [9.17, 15) is 4.79 Å². The zero-order valence-corrected chi connectivity index (χ0v) is 14.6. The summed E-state index contributed by atoms with van der Waals surface area (Å²) in [6, 6.07) is 15.4. The molecular formula is C22H23NO2. The monoisotopic (exact) mass is 333 g/mol. The van der Waals surface area contributed by atoms with Gasteiger partial charge < -0.3 is 9.64 Å². The first-order chi connectivity index (χ1) is 12.2. The van der Waals surface area contributed by atoms with E-state index in [0.717, 1.165) is 31.6 Å². The van der Waals surface area contributed by atoms with Gasteiger partial charge in [0.05, 0.1) is 13.2 Å². The van der Waals surface area contributed by atoms with Gasteiger partial charge in [-0.3, -0.25) is 4.79 Å². The summed E-state index contributed by atoms with van der Waals surface area (Å²) in [4.78, 5) is 14.8. The first kappa shape index (κ1) is 15.0. The minimum Gasteiger partial charge on any atom is -0.497 e. The second-order valence-corrected chi connectivity index (χ2v) is 7.66. The summed E-state index contributed by atoms with van der Waals surface area (Å²) in [7, 11) is 1.73. The van der Waals surface area contributed by atoms with E-state index in [1.165, 1.54) is 28.7 Å². The Morgan fingerprint density at radius 3 is 2.84 bits per heavy atom. The molecule has 3 heteroatoms. The number of rotatable bonds is 1. The predicted octanol–water partition coefficient (Wildman–Crippen LogP) is 4.15. The van der Waals surface area contributed by atoms with E-state index < -0.39 is 0 Å². The van der Waals surface area contributed by atoms with Crippen molar-refractivity contribution in [1.82, 2.24) is 4.90 Å². The fourth-order valence-corrected chi connectivity index (χ4v) is 5.49. The zero-order chi connectivity index (χ0) is 17.0. The molecule has 0 aromatic heterocycles. The molecular weight excluding hydrogens is 310 g/mol. The molecule has 25 heavy (non-hydrogen) atoms. The Balaban J connectivity index is 1.70. The minimum absolute atomic E-state index is 0.0559. The van der Waals surface area contributed by atoms with Crippen LogP contribution in [0.2, 0.25) is 0 Å². The smallest absolute Gasteiger partial charge is 0.223 e. The van der Waals surface area contributed by atoms with Crippen LogP contribution >= 0.6 is 0 Å². The van der Waals surface area contributed by atoms with Gasteiger partial charge in [0.2, 0.25) is 5.91 Å². The van der Waals surface area contributed by atoms with Crippen molar-refractivity contribution in [2.75, 3.05) is 7.11 Å². The molecule has 1 amide bonds. The van der Waals surface area contributed by atoms with Crippen molar-refractivity contribution in [3.05, 3.63) is 64.7 Å². The van der Waals surface area contributed by atoms with Gasteiger partial charge in [0, 0.05) is 18.4 Å². The van der Waals surface area contributed by atoms with Crippen LogP contribution in [-0.2, 0) is 23.2 Å². The number of hydrogen-bond donors (Lipinski definition) is 0. The van der Waals surface area contributed by atoms with E-state index in [1.54, 1.807) is 7.11 Å². The number of benzene rings is 2. The summed E-state index contributed by atoms with van der Waals surface area (Å²) in [5.41, 5.74) is 5.59. The number of carbonyl (C=O) groups excluding carboxylic acids is 1. The van der Waals surface area contributed by atoms with Crippen LogP contribution in [0.5, 0.6) is 5.75 Å². The standard InChI is InChI=1S/C22H23NO2/c1-25-17-8-9-19-15(13-17)6-4-11-22(19)12-10-20(24)23-14-16-5-2-3-7-18(16)21(22)23/h2-3,5,7-9,13,21H,4,6,10-12,14H2,1H3/t21-,22+/m1/s1. The molecule has 0 bridgehead atoms. The maximum absolute atomic E-state index is 12.7. The molecule has 1 spiro atoms. The van der Waals surface area contributed by atoms with E-state index >= 15 is 0 Å². The van der Waals surface area contributed by atoms with Crippen LogP contribution in [0.4, 0.5) is 0 Å². The van der Waals surface area contributed by atoms with Crippen molar-refractivity contribution in [2.45, 2.75) is 50.1 Å². The second-order valence-electron chi connectivity index (χ2n) is 7.66. The van der Waals surface area contributed by atoms with Crippen molar-refractivity contribution in [2.24, 2.45) is 0 Å². The van der Waals surface area contributed by atoms with Gasteiger partial charge in [0.25, 0.3) is 0 Å². The Kier molecular flexibility index (Phi) is 3.21. The number of piperidine rings is 1. The molecule has 2 heterocycles. The van der Waals surface area contributed by atoms with Crippen LogP contribution in [0.3, 0.4) is 0 Å². The van der Waals surface area contributed by atoms with Gasteiger partial charge in [-0.05, 0) is 60.1 Å². The fraction of sp³-hybridized carbons (Fsp3) is 0.409. The molecule has 0 saturated carbocycles. The van der Waals surface area contributed by atoms with Gasteiger partial charge in [-0.15, -0.1) is 0 Å². The molecule has 2 aromatic carbocycles. The Labute approximate surface area is 148 Å². The number of hydrogen-bond acceptors (Lipinski definition) is 2. The molecule has 1 fully saturated rings. The highest BCUT2D eigenvalue weighted by atomic mass is 16.5. The highest BCUT2D eigenvalue weighted by Crippen LogP contribution is 2.57. The lowest BCUT2D eigenvalue weighted by atomic mass is 9.60. The summed E-state index contributed by atoms with van der Waals surface area (Å²) < 4.78 is 5.45. The van der Waals surface area contributed by atoms with Gasteiger partial charge in [-0.1, -0.05) is 30.3 Å². The maximum atomic E-state index is 12.7. The lowest BCUT2D eigenvalue weighted by Gasteiger charge is -2.50. The van der Waals surface area contributed by atoms with E-state index in [4.69, 9.17) is 4.74 Å². The van der Waals surface area contributed by atoms with Crippen molar-refractivity contribution >= 4 is 5.91 Å². The quantitative estimate of drug-likeness (QED) is 0.785. The molecule has 1 saturated heterocycles. The third-order valence-corrected chi connectivity index (χ3v) is 6.55. The number of nitrogens with zero attached hydrogens (tertiary/aromatic N) is 1. The lowest BCUT2D eigenvalue weighted by molar-refractivity contribution is -0.140. The minimum atomic E-state index is 0.0559. The fourth-order valence-electron chi connectivity index (χ4n) is 5.49. The van der Waals surface area contributed by atoms with Gasteiger partial charge in [0.1, 0.15) is 5.75 Å². The SMILES string of the molecule is COc1ccc2c(c1)CCC[C@]21CCC(=O)N2Cc3ccccc3[C@@H]21. The topological polar surface area (TPSA) is 29.5 Å². The first-order valence-corrected chi connectivity index (χ1v) is 9.28. The van der Waals surface area contributed by atoms with Crippen LogP contribution in [0.25, 0.3) is 0 Å². The van der Waals surface area contributed by atoms with Gasteiger partial charge in [-0.25, -0.2) is 0 Å². The Hall–Kier alpha value is -2.29. The molecule has 5 rings (SSSR count). The van der Waals surface area contributed by atoms with Crippen molar-refractivity contribution < 1.29 is 9.53 Å². The molecule has 0 N–H and O–H groups in total. The van der Waals surface area contributed by atoms with Crippen molar-refractivity contribution in [1.29, 1.82) is 0 Å². The lowest BCUT2D eigenvalue weighted by Crippen LogP contribution is -2.49. The summed E-state index contributed by atoms with van der Waals surface area (Å²) in [6.45, 7) is 0.771. The van der Waals surface area contributed by atoms with Gasteiger partial charge in [-0.2, -0.15) is 0 Å². The molecule has 2 aliphatic heterocycles. The Morgan fingerprint density at radius 2 is 1.96 bits per heavy atom. The molecule has 3 nitrogen and oxygen atoms in total. The third kappa shape index (κ3) is 2.01. The van der Waals surface area contributed by atoms with Crippen LogP contribution in [0.1, 0.15) is 54.0 Å². The predicted molar refractivity (Wildman–Crippen MR) is 96.6 cm³/mol. The summed E-state index contributed by atoms with van der Waals surface area (Å²) >= 11 is 0. The summed E-state index contributed by atoms with van der Waals surface area (Å²) in [6.07, 6.45) is 5.07. The van der Waals surface area contributed by atoms with Gasteiger partial charge >= 0.3 is 0 Å². The number of ether oxygens (including phenoxy) is 1. The van der Waals surface area contributed by atoms with Crippen LogP contribution in [-0.4, -0.2) is 17.9 Å². The number of aryl methyl sites for hydroxylation is 1. The first-order valence-electron chi connectivity index (χ1n) is 9.28. The maximum Gasteiger partial charge on any atom is 0.223 e. The largest absolute Gasteiger partial charge is 0.497 e. The van der Waals surface area contributed by atoms with E-state index in [0.29, 0.717) is 12.3 Å². The molecule has 0 radical (unpaired) electrons. The van der Waals surface area contributed by atoms with E-state index in [2.05, 4.69) is 47.4 Å². The molecule has 2 atom stereocenters. The Morgan fingerprint density at radius 1 is 1.08 bits per heavy atom. The molecule has 2 aromatic rings. The van der Waals surface area contributed by atoms with Crippen molar-refractivity contribution in [3.63, 3.8) is 0 Å². The molecule has 1 aliphatic carbocycles. The number of methoxy groups -OCH3 is 1. The zero-order valence-electron chi connectivity index (χ0n) is 14.6. The van der Waals surface area contributed by atoms with Crippen LogP contribution in [0.15, 0.2) is 42.5 Å². The highest BCUT2D eigenvalue weighted by molar-refractivity contribution is 5.80. The second kappa shape index (κ2) is 5.35. The number of carbonyl (C=O) groups is 1.